The fourth-order valence-electron chi connectivity index (χ4n) is 3.05. The molecule has 2 N–H and O–H groups in total. The molecule has 1 heterocycles. The van der Waals surface area contributed by atoms with Crippen molar-refractivity contribution in [2.45, 2.75) is 25.5 Å². The average Bonchev–Trinajstić information content (AvgIpc) is 3.02. The van der Waals surface area contributed by atoms with Gasteiger partial charge in [0.2, 0.25) is 0 Å². The molecular weight excluding hydrogens is 405 g/mol. The van der Waals surface area contributed by atoms with Gasteiger partial charge in [-0.1, -0.05) is 35.9 Å². The first-order valence-electron chi connectivity index (χ1n) is 8.70. The van der Waals surface area contributed by atoms with Crippen LogP contribution >= 0.6 is 19.2 Å². The van der Waals surface area contributed by atoms with Crippen molar-refractivity contribution in [1.82, 2.24) is 4.90 Å². The summed E-state index contributed by atoms with van der Waals surface area (Å²) < 4.78 is 21.4. The summed E-state index contributed by atoms with van der Waals surface area (Å²) in [5.41, 5.74) is 1.83. The first-order chi connectivity index (χ1) is 13.2. The molecule has 2 aromatic carbocycles. The summed E-state index contributed by atoms with van der Waals surface area (Å²) in [6.45, 7) is 2.39. The molecule has 3 rings (SSSR count). The Labute approximate surface area is 168 Å². The van der Waals surface area contributed by atoms with Crippen molar-refractivity contribution >= 4 is 25.3 Å². The molecule has 7 nitrogen and oxygen atoms in total. The molecule has 0 bridgehead atoms. The second-order valence-corrected chi connectivity index (χ2v) is 8.74. The number of carbonyl (C=O) groups is 1. The summed E-state index contributed by atoms with van der Waals surface area (Å²) in [6, 6.07) is 14.1. The van der Waals surface area contributed by atoms with Gasteiger partial charge in [0.25, 0.3) is 0 Å². The highest BCUT2D eigenvalue weighted by Crippen LogP contribution is 2.34. The summed E-state index contributed by atoms with van der Waals surface area (Å²) in [5, 5.41) is 0.598. The number of halogens is 1. The van der Waals surface area contributed by atoms with Crippen molar-refractivity contribution in [3.63, 3.8) is 0 Å². The Kier molecular flexibility index (Phi) is 6.30. The molecule has 0 saturated carbocycles. The number of hydrogen-bond donors (Lipinski definition) is 2. The average molecular weight is 426 g/mol. The predicted octanol–water partition coefficient (Wildman–Crippen LogP) is 3.98. The van der Waals surface area contributed by atoms with Crippen LogP contribution in [0.15, 0.2) is 48.5 Å². The van der Waals surface area contributed by atoms with Crippen LogP contribution in [0.3, 0.4) is 0 Å². The number of rotatable bonds is 7. The Balaban J connectivity index is 1.59. The fraction of sp³-hybridized carbons (Fsp3) is 0.316. The van der Waals surface area contributed by atoms with Crippen LogP contribution in [0.25, 0.3) is 0 Å². The highest BCUT2D eigenvalue weighted by atomic mass is 35.5. The van der Waals surface area contributed by atoms with Crippen molar-refractivity contribution in [3.05, 3.63) is 64.7 Å². The lowest BCUT2D eigenvalue weighted by molar-refractivity contribution is 0.129. The molecular formula is C19H21ClNO6P. The molecule has 2 atom stereocenters. The Bertz CT molecular complexity index is 884. The zero-order valence-electron chi connectivity index (χ0n) is 15.2. The van der Waals surface area contributed by atoms with Gasteiger partial charge in [-0.15, -0.1) is 0 Å². The zero-order valence-corrected chi connectivity index (χ0v) is 16.8. The summed E-state index contributed by atoms with van der Waals surface area (Å²) in [6.07, 6.45) is -0.764. The quantitative estimate of drug-likeness (QED) is 0.651. The minimum Gasteiger partial charge on any atom is -0.481 e. The predicted molar refractivity (Wildman–Crippen MR) is 105 cm³/mol. The van der Waals surface area contributed by atoms with Crippen molar-refractivity contribution in [1.29, 1.82) is 0 Å². The van der Waals surface area contributed by atoms with E-state index in [-0.39, 0.29) is 18.2 Å². The van der Waals surface area contributed by atoms with Crippen LogP contribution in [0, 0.1) is 0 Å². The van der Waals surface area contributed by atoms with E-state index in [1.54, 1.807) is 41.3 Å². The summed E-state index contributed by atoms with van der Waals surface area (Å²) >= 11 is 6.02. The second kappa shape index (κ2) is 8.53. The van der Waals surface area contributed by atoms with Crippen LogP contribution in [0.2, 0.25) is 5.02 Å². The number of nitrogens with zero attached hydrogens (tertiary/aromatic N) is 1. The third-order valence-electron chi connectivity index (χ3n) is 4.45. The first-order valence-corrected chi connectivity index (χ1v) is 10.9. The van der Waals surface area contributed by atoms with Crippen molar-refractivity contribution in [2.75, 3.05) is 12.9 Å². The van der Waals surface area contributed by atoms with E-state index in [9.17, 15) is 9.36 Å². The van der Waals surface area contributed by atoms with E-state index in [1.807, 2.05) is 19.1 Å². The monoisotopic (exact) mass is 425 g/mol. The highest BCUT2D eigenvalue weighted by Gasteiger charge is 2.35. The molecule has 1 saturated heterocycles. The molecule has 1 fully saturated rings. The normalized spacial score (nSPS) is 18.1. The van der Waals surface area contributed by atoms with Crippen LogP contribution in [0.5, 0.6) is 5.75 Å². The SMILES string of the molecule is CC(Cc1ccc(OCP(=O)(O)O)cc1)N1C[C@@H](c2cccc(Cl)c2)OC1=O. The lowest BCUT2D eigenvalue weighted by Crippen LogP contribution is -2.35. The lowest BCUT2D eigenvalue weighted by atomic mass is 10.0. The van der Waals surface area contributed by atoms with Gasteiger partial charge in [0.15, 0.2) is 6.35 Å². The van der Waals surface area contributed by atoms with Gasteiger partial charge in [-0.3, -0.25) is 4.57 Å². The van der Waals surface area contributed by atoms with Gasteiger partial charge in [0.05, 0.1) is 6.54 Å². The standard InChI is InChI=1S/C19H21ClNO6P/c1-13(9-14-5-7-17(8-6-14)26-12-28(23,24)25)21-11-18(27-19(21)22)15-3-2-4-16(20)10-15/h2-8,10,13,18H,9,11-12H2,1H3,(H2,23,24,25)/t13?,18-/m0/s1. The van der Waals surface area contributed by atoms with Gasteiger partial charge in [-0.05, 0) is 48.7 Å². The van der Waals surface area contributed by atoms with Gasteiger partial charge < -0.3 is 24.2 Å². The maximum atomic E-state index is 12.3. The van der Waals surface area contributed by atoms with Crippen LogP contribution in [0.4, 0.5) is 4.79 Å². The summed E-state index contributed by atoms with van der Waals surface area (Å²) in [7, 11) is -4.21. The minimum absolute atomic E-state index is 0.0847. The molecule has 1 aliphatic heterocycles. The van der Waals surface area contributed by atoms with Crippen LogP contribution in [0.1, 0.15) is 24.2 Å². The first kappa shape index (κ1) is 20.7. The lowest BCUT2D eigenvalue weighted by Gasteiger charge is -2.22. The van der Waals surface area contributed by atoms with Gasteiger partial charge in [-0.25, -0.2) is 4.79 Å². The molecule has 0 spiro atoms. The smallest absolute Gasteiger partial charge is 0.410 e. The Morgan fingerprint density at radius 1 is 1.29 bits per heavy atom. The number of cyclic esters (lactones) is 1. The van der Waals surface area contributed by atoms with E-state index < -0.39 is 13.9 Å². The second-order valence-electron chi connectivity index (χ2n) is 6.71. The molecule has 1 unspecified atom stereocenters. The molecule has 28 heavy (non-hydrogen) atoms. The molecule has 9 heteroatoms. The number of hydrogen-bond acceptors (Lipinski definition) is 4. The molecule has 0 aromatic heterocycles. The summed E-state index contributed by atoms with van der Waals surface area (Å²) in [4.78, 5) is 31.7. The van der Waals surface area contributed by atoms with Crippen LogP contribution < -0.4 is 4.74 Å². The highest BCUT2D eigenvalue weighted by molar-refractivity contribution is 7.51. The van der Waals surface area contributed by atoms with Crippen LogP contribution in [-0.4, -0.2) is 39.7 Å². The number of amides is 1. The van der Waals surface area contributed by atoms with E-state index in [2.05, 4.69) is 0 Å². The Morgan fingerprint density at radius 2 is 2.00 bits per heavy atom. The molecule has 1 aliphatic rings. The van der Waals surface area contributed by atoms with Gasteiger partial charge in [-0.2, -0.15) is 0 Å². The van der Waals surface area contributed by atoms with Crippen molar-refractivity contribution in [2.24, 2.45) is 0 Å². The van der Waals surface area contributed by atoms with Gasteiger partial charge in [0.1, 0.15) is 11.9 Å². The number of ether oxygens (including phenoxy) is 2. The number of benzene rings is 2. The van der Waals surface area contributed by atoms with E-state index in [4.69, 9.17) is 30.9 Å². The van der Waals surface area contributed by atoms with Gasteiger partial charge in [0, 0.05) is 11.1 Å². The van der Waals surface area contributed by atoms with Crippen molar-refractivity contribution < 1.29 is 28.6 Å². The Hall–Kier alpha value is -2.05. The Morgan fingerprint density at radius 3 is 2.64 bits per heavy atom. The molecule has 0 radical (unpaired) electrons. The molecule has 2 aromatic rings. The maximum Gasteiger partial charge on any atom is 0.410 e. The third kappa shape index (κ3) is 5.49. The summed E-state index contributed by atoms with van der Waals surface area (Å²) in [5.74, 6) is 0.376. The van der Waals surface area contributed by atoms with E-state index >= 15 is 0 Å². The topological polar surface area (TPSA) is 96.3 Å². The van der Waals surface area contributed by atoms with E-state index in [0.29, 0.717) is 23.7 Å². The van der Waals surface area contributed by atoms with E-state index in [0.717, 1.165) is 11.1 Å². The molecule has 150 valence electrons. The fourth-order valence-corrected chi connectivity index (χ4v) is 3.57. The third-order valence-corrected chi connectivity index (χ3v) is 5.15. The van der Waals surface area contributed by atoms with Crippen molar-refractivity contribution in [3.8, 4) is 5.75 Å². The van der Waals surface area contributed by atoms with E-state index in [1.165, 1.54) is 0 Å². The van der Waals surface area contributed by atoms with Crippen LogP contribution in [-0.2, 0) is 15.7 Å². The minimum atomic E-state index is -4.21. The number of carbonyl (C=O) groups excluding carboxylic acids is 1. The largest absolute Gasteiger partial charge is 0.481 e. The van der Waals surface area contributed by atoms with Gasteiger partial charge >= 0.3 is 13.7 Å². The molecule has 0 aliphatic carbocycles. The maximum absolute atomic E-state index is 12.3. The zero-order chi connectivity index (χ0) is 20.3. The molecule has 1 amide bonds.